The molecule has 0 amide bonds. The standard InChI is InChI=1S/C13H27NO2S/c1-5-14-12-8-6-7-9-13(12)17(15,16)11(4)10(2)3/h10-14H,5-9H2,1-4H3. The molecule has 3 atom stereocenters. The lowest BCUT2D eigenvalue weighted by molar-refractivity contribution is 0.372. The third kappa shape index (κ3) is 3.44. The zero-order valence-corrected chi connectivity index (χ0v) is 12.4. The van der Waals surface area contributed by atoms with E-state index in [0.29, 0.717) is 0 Å². The smallest absolute Gasteiger partial charge is 0.157 e. The fourth-order valence-corrected chi connectivity index (χ4v) is 5.14. The fraction of sp³-hybridized carbons (Fsp3) is 1.00. The van der Waals surface area contributed by atoms with Gasteiger partial charge in [-0.3, -0.25) is 0 Å². The van der Waals surface area contributed by atoms with Crippen LogP contribution in [-0.2, 0) is 9.84 Å². The van der Waals surface area contributed by atoms with E-state index in [1.807, 2.05) is 27.7 Å². The molecule has 1 aliphatic carbocycles. The quantitative estimate of drug-likeness (QED) is 0.826. The van der Waals surface area contributed by atoms with Crippen LogP contribution in [0.25, 0.3) is 0 Å². The lowest BCUT2D eigenvalue weighted by Gasteiger charge is -2.34. The first-order valence-electron chi connectivity index (χ1n) is 6.87. The molecule has 1 rings (SSSR count). The minimum absolute atomic E-state index is 0.167. The zero-order valence-electron chi connectivity index (χ0n) is 11.6. The summed E-state index contributed by atoms with van der Waals surface area (Å²) in [5.74, 6) is 0.198. The van der Waals surface area contributed by atoms with Gasteiger partial charge in [0, 0.05) is 6.04 Å². The van der Waals surface area contributed by atoms with Gasteiger partial charge in [0.25, 0.3) is 0 Å². The van der Waals surface area contributed by atoms with Gasteiger partial charge >= 0.3 is 0 Å². The molecule has 3 nitrogen and oxygen atoms in total. The maximum atomic E-state index is 12.6. The van der Waals surface area contributed by atoms with Crippen molar-refractivity contribution in [3.05, 3.63) is 0 Å². The van der Waals surface area contributed by atoms with Gasteiger partial charge in [-0.1, -0.05) is 33.6 Å². The first kappa shape index (κ1) is 15.0. The molecule has 0 bridgehead atoms. The first-order chi connectivity index (χ1) is 7.91. The second-order valence-electron chi connectivity index (χ2n) is 5.53. The van der Waals surface area contributed by atoms with Gasteiger partial charge < -0.3 is 5.32 Å². The SMILES string of the molecule is CCNC1CCCCC1S(=O)(=O)C(C)C(C)C. The van der Waals surface area contributed by atoms with Gasteiger partial charge in [0.1, 0.15) is 0 Å². The monoisotopic (exact) mass is 261 g/mol. The molecule has 0 radical (unpaired) electrons. The molecular formula is C13H27NO2S. The summed E-state index contributed by atoms with van der Waals surface area (Å²) >= 11 is 0. The fourth-order valence-electron chi connectivity index (χ4n) is 2.64. The minimum atomic E-state index is -3.00. The van der Waals surface area contributed by atoms with E-state index in [1.165, 1.54) is 0 Å². The van der Waals surface area contributed by atoms with E-state index < -0.39 is 9.84 Å². The van der Waals surface area contributed by atoms with Crippen molar-refractivity contribution in [3.63, 3.8) is 0 Å². The predicted molar refractivity (Wildman–Crippen MR) is 72.9 cm³/mol. The van der Waals surface area contributed by atoms with Crippen molar-refractivity contribution >= 4 is 9.84 Å². The van der Waals surface area contributed by atoms with Crippen LogP contribution >= 0.6 is 0 Å². The van der Waals surface area contributed by atoms with Crippen LogP contribution in [0.1, 0.15) is 53.4 Å². The van der Waals surface area contributed by atoms with E-state index >= 15 is 0 Å². The third-order valence-electron chi connectivity index (χ3n) is 4.05. The highest BCUT2D eigenvalue weighted by atomic mass is 32.2. The normalized spacial score (nSPS) is 28.3. The Morgan fingerprint density at radius 1 is 1.18 bits per heavy atom. The van der Waals surface area contributed by atoms with E-state index in [-0.39, 0.29) is 22.5 Å². The maximum absolute atomic E-state index is 12.6. The second kappa shape index (κ2) is 6.19. The molecule has 1 N–H and O–H groups in total. The number of hydrogen-bond acceptors (Lipinski definition) is 3. The number of nitrogens with one attached hydrogen (secondary N) is 1. The molecule has 1 fully saturated rings. The van der Waals surface area contributed by atoms with Crippen molar-refractivity contribution in [2.45, 2.75) is 69.9 Å². The maximum Gasteiger partial charge on any atom is 0.157 e. The Bertz CT molecular complexity index is 322. The zero-order chi connectivity index (χ0) is 13.1. The van der Waals surface area contributed by atoms with Crippen molar-refractivity contribution in [3.8, 4) is 0 Å². The van der Waals surface area contributed by atoms with Crippen LogP contribution in [0.3, 0.4) is 0 Å². The van der Waals surface area contributed by atoms with Gasteiger partial charge in [0.05, 0.1) is 10.5 Å². The molecule has 1 saturated carbocycles. The Labute approximate surface area is 106 Å². The van der Waals surface area contributed by atoms with Crippen LogP contribution in [0, 0.1) is 5.92 Å². The molecule has 0 aliphatic heterocycles. The summed E-state index contributed by atoms with van der Waals surface area (Å²) in [6, 6.07) is 0.167. The molecule has 4 heteroatoms. The Hall–Kier alpha value is -0.0900. The number of sulfone groups is 1. The van der Waals surface area contributed by atoms with Crippen LogP contribution < -0.4 is 5.32 Å². The van der Waals surface area contributed by atoms with Gasteiger partial charge in [-0.2, -0.15) is 0 Å². The van der Waals surface area contributed by atoms with Gasteiger partial charge in [0.15, 0.2) is 9.84 Å². The summed E-state index contributed by atoms with van der Waals surface area (Å²) in [6.07, 6.45) is 4.04. The molecule has 0 aromatic carbocycles. The topological polar surface area (TPSA) is 46.2 Å². The highest BCUT2D eigenvalue weighted by molar-refractivity contribution is 7.92. The molecule has 0 spiro atoms. The van der Waals surface area contributed by atoms with E-state index in [2.05, 4.69) is 5.32 Å². The predicted octanol–water partition coefficient (Wildman–Crippen LogP) is 2.37. The molecule has 0 aromatic heterocycles. The van der Waals surface area contributed by atoms with Crippen molar-refractivity contribution in [1.82, 2.24) is 5.32 Å². The third-order valence-corrected chi connectivity index (χ3v) is 7.04. The lowest BCUT2D eigenvalue weighted by atomic mass is 9.95. The van der Waals surface area contributed by atoms with Gasteiger partial charge in [-0.15, -0.1) is 0 Å². The van der Waals surface area contributed by atoms with E-state index in [1.54, 1.807) is 0 Å². The summed E-state index contributed by atoms with van der Waals surface area (Å²) in [5.41, 5.74) is 0. The lowest BCUT2D eigenvalue weighted by Crippen LogP contribution is -2.49. The highest BCUT2D eigenvalue weighted by Crippen LogP contribution is 2.29. The summed E-state index contributed by atoms with van der Waals surface area (Å²) in [6.45, 7) is 8.75. The average molecular weight is 261 g/mol. The van der Waals surface area contributed by atoms with Crippen molar-refractivity contribution < 1.29 is 8.42 Å². The Morgan fingerprint density at radius 2 is 1.76 bits per heavy atom. The summed E-state index contributed by atoms with van der Waals surface area (Å²) < 4.78 is 25.1. The first-order valence-corrected chi connectivity index (χ1v) is 8.48. The second-order valence-corrected chi connectivity index (χ2v) is 8.05. The van der Waals surface area contributed by atoms with Gasteiger partial charge in [-0.05, 0) is 32.2 Å². The van der Waals surface area contributed by atoms with Crippen LogP contribution in [0.2, 0.25) is 0 Å². The highest BCUT2D eigenvalue weighted by Gasteiger charge is 2.38. The molecule has 102 valence electrons. The number of rotatable bonds is 5. The summed E-state index contributed by atoms with van der Waals surface area (Å²) in [7, 11) is -3.00. The molecular weight excluding hydrogens is 234 g/mol. The Balaban J connectivity index is 2.86. The van der Waals surface area contributed by atoms with E-state index in [9.17, 15) is 8.42 Å². The van der Waals surface area contributed by atoms with Crippen molar-refractivity contribution in [2.24, 2.45) is 5.92 Å². The number of hydrogen-bond donors (Lipinski definition) is 1. The van der Waals surface area contributed by atoms with Crippen LogP contribution in [0.4, 0.5) is 0 Å². The van der Waals surface area contributed by atoms with Gasteiger partial charge in [-0.25, -0.2) is 8.42 Å². The Kier molecular flexibility index (Phi) is 5.45. The molecule has 3 unspecified atom stereocenters. The van der Waals surface area contributed by atoms with E-state index in [0.717, 1.165) is 32.2 Å². The minimum Gasteiger partial charge on any atom is -0.313 e. The van der Waals surface area contributed by atoms with Crippen molar-refractivity contribution in [2.75, 3.05) is 6.54 Å². The van der Waals surface area contributed by atoms with Crippen LogP contribution in [0.5, 0.6) is 0 Å². The van der Waals surface area contributed by atoms with Crippen LogP contribution in [0.15, 0.2) is 0 Å². The van der Waals surface area contributed by atoms with E-state index in [4.69, 9.17) is 0 Å². The Morgan fingerprint density at radius 3 is 2.29 bits per heavy atom. The molecule has 0 saturated heterocycles. The molecule has 0 aromatic rings. The van der Waals surface area contributed by atoms with Gasteiger partial charge in [0.2, 0.25) is 0 Å². The molecule has 17 heavy (non-hydrogen) atoms. The molecule has 0 heterocycles. The average Bonchev–Trinajstić information content (AvgIpc) is 2.29. The molecule has 1 aliphatic rings. The summed E-state index contributed by atoms with van der Waals surface area (Å²) in [4.78, 5) is 0. The largest absolute Gasteiger partial charge is 0.313 e. The summed E-state index contributed by atoms with van der Waals surface area (Å²) in [5, 5.41) is 2.95. The van der Waals surface area contributed by atoms with Crippen molar-refractivity contribution in [1.29, 1.82) is 0 Å². The van der Waals surface area contributed by atoms with Crippen LogP contribution in [-0.4, -0.2) is 31.5 Å².